The zero-order valence-corrected chi connectivity index (χ0v) is 23.6. The molecule has 0 N–H and O–H groups in total. The second kappa shape index (κ2) is 12.4. The van der Waals surface area contributed by atoms with Gasteiger partial charge in [-0.25, -0.2) is 14.5 Å². The highest BCUT2D eigenvalue weighted by molar-refractivity contribution is 6.35. The molecule has 0 aliphatic carbocycles. The smallest absolute Gasteiger partial charge is 0.338 e. The van der Waals surface area contributed by atoms with Crippen LogP contribution in [0.1, 0.15) is 62.1 Å². The van der Waals surface area contributed by atoms with E-state index in [1.807, 2.05) is 0 Å². The van der Waals surface area contributed by atoms with E-state index >= 15 is 0 Å². The predicted molar refractivity (Wildman–Crippen MR) is 156 cm³/mol. The molecule has 0 radical (unpaired) electrons. The number of anilines is 1. The fraction of sp³-hybridized carbons (Fsp3) is 0.0625. The second-order valence-electron chi connectivity index (χ2n) is 9.21. The predicted octanol–water partition coefficient (Wildman–Crippen LogP) is 5.87. The zero-order chi connectivity index (χ0) is 30.7. The number of hydrogen-bond donors (Lipinski definition) is 0. The van der Waals surface area contributed by atoms with Gasteiger partial charge in [0.2, 0.25) is 11.6 Å². The molecule has 0 fully saturated rings. The first-order valence-electron chi connectivity index (χ1n) is 12.7. The van der Waals surface area contributed by atoms with Crippen molar-refractivity contribution in [2.45, 2.75) is 0 Å². The van der Waals surface area contributed by atoms with Gasteiger partial charge in [0.15, 0.2) is 13.2 Å². The van der Waals surface area contributed by atoms with Gasteiger partial charge in [0.1, 0.15) is 0 Å². The van der Waals surface area contributed by atoms with Gasteiger partial charge in [0.25, 0.3) is 11.8 Å². The van der Waals surface area contributed by atoms with Crippen LogP contribution in [-0.2, 0) is 9.47 Å². The fourth-order valence-corrected chi connectivity index (χ4v) is 4.82. The maximum atomic E-state index is 13.3. The van der Waals surface area contributed by atoms with Gasteiger partial charge in [-0.05, 0) is 60.7 Å². The fourth-order valence-electron chi connectivity index (χ4n) is 4.33. The third-order valence-electron chi connectivity index (χ3n) is 6.48. The molecule has 0 atom stereocenters. The summed E-state index contributed by atoms with van der Waals surface area (Å²) in [6, 6.07) is 22.0. The third kappa shape index (κ3) is 6.08. The molecule has 214 valence electrons. The van der Waals surface area contributed by atoms with Crippen LogP contribution in [0.3, 0.4) is 0 Å². The van der Waals surface area contributed by atoms with E-state index in [9.17, 15) is 28.8 Å². The van der Waals surface area contributed by atoms with Gasteiger partial charge in [-0.1, -0.05) is 53.5 Å². The molecule has 2 amide bonds. The van der Waals surface area contributed by atoms with E-state index in [1.165, 1.54) is 66.7 Å². The lowest BCUT2D eigenvalue weighted by Crippen LogP contribution is -2.29. The number of Topliss-reactive ketones (excluding diaryl/α,β-unsaturated/α-hetero) is 2. The lowest BCUT2D eigenvalue weighted by Gasteiger charge is -2.14. The first kappa shape index (κ1) is 29.4. The zero-order valence-electron chi connectivity index (χ0n) is 22.0. The molecular weight excluding hydrogens is 597 g/mol. The Bertz CT molecular complexity index is 1830. The summed E-state index contributed by atoms with van der Waals surface area (Å²) in [5.74, 6) is -4.15. The number of ether oxygens (including phenoxy) is 2. The minimum absolute atomic E-state index is 0.00605. The van der Waals surface area contributed by atoms with Crippen LogP contribution in [0.25, 0.3) is 0 Å². The summed E-state index contributed by atoms with van der Waals surface area (Å²) < 4.78 is 10.2. The normalized spacial score (nSPS) is 12.1. The molecule has 0 aromatic heterocycles. The van der Waals surface area contributed by atoms with E-state index in [1.54, 1.807) is 24.3 Å². The topological polar surface area (TPSA) is 124 Å². The average Bonchev–Trinajstić information content (AvgIpc) is 3.27. The van der Waals surface area contributed by atoms with E-state index in [2.05, 4.69) is 0 Å². The van der Waals surface area contributed by atoms with Crippen molar-refractivity contribution < 1.29 is 38.2 Å². The summed E-state index contributed by atoms with van der Waals surface area (Å²) in [5, 5.41) is 0.436. The van der Waals surface area contributed by atoms with Crippen molar-refractivity contribution >= 4 is 64.2 Å². The third-order valence-corrected chi connectivity index (χ3v) is 7.14. The average molecular weight is 616 g/mol. The van der Waals surface area contributed by atoms with Crippen molar-refractivity contribution in [3.8, 4) is 0 Å². The molecule has 0 spiro atoms. The molecule has 1 aliphatic rings. The van der Waals surface area contributed by atoms with Crippen LogP contribution in [-0.4, -0.2) is 48.5 Å². The Hall–Kier alpha value is -5.12. The van der Waals surface area contributed by atoms with E-state index in [4.69, 9.17) is 32.7 Å². The minimum atomic E-state index is -0.877. The van der Waals surface area contributed by atoms with Gasteiger partial charge in [-0.3, -0.25) is 19.2 Å². The van der Waals surface area contributed by atoms with E-state index in [0.29, 0.717) is 0 Å². The Labute approximate surface area is 254 Å². The Morgan fingerprint density at radius 3 is 1.65 bits per heavy atom. The molecule has 1 aliphatic heterocycles. The van der Waals surface area contributed by atoms with Gasteiger partial charge < -0.3 is 9.47 Å². The number of ketones is 2. The number of halogens is 2. The molecule has 43 heavy (non-hydrogen) atoms. The Balaban J connectivity index is 1.27. The minimum Gasteiger partial charge on any atom is -0.454 e. The first-order chi connectivity index (χ1) is 20.7. The van der Waals surface area contributed by atoms with Gasteiger partial charge in [0, 0.05) is 11.1 Å². The molecule has 0 saturated carbocycles. The summed E-state index contributed by atoms with van der Waals surface area (Å²) in [6.45, 7) is -1.14. The number of carbonyl (C=O) groups excluding carboxylic acids is 6. The maximum absolute atomic E-state index is 13.3. The molecule has 0 unspecified atom stereocenters. The molecule has 4 aromatic carbocycles. The number of esters is 2. The number of hydrogen-bond acceptors (Lipinski definition) is 8. The number of carbonyl (C=O) groups is 6. The van der Waals surface area contributed by atoms with Crippen LogP contribution in [0.2, 0.25) is 10.0 Å². The van der Waals surface area contributed by atoms with Crippen molar-refractivity contribution in [2.75, 3.05) is 18.1 Å². The lowest BCUT2D eigenvalue weighted by molar-refractivity contribution is 0.0472. The van der Waals surface area contributed by atoms with Crippen molar-refractivity contribution in [2.24, 2.45) is 0 Å². The Morgan fingerprint density at radius 1 is 0.581 bits per heavy atom. The quantitative estimate of drug-likeness (QED) is 0.130. The standard InChI is InChI=1S/C32H19Cl2NO8/c33-25-10-3-1-8-22(25)27(36)16-42-31(40)18-6-5-7-20(14-18)35-29(38)21-13-12-19(15-24(21)30(35)39)32(41)43-17-28(37)23-9-2-4-11-26(23)34/h1-15H,16-17H2. The first-order valence-corrected chi connectivity index (χ1v) is 13.4. The monoisotopic (exact) mass is 615 g/mol. The summed E-state index contributed by atoms with van der Waals surface area (Å²) >= 11 is 12.0. The SMILES string of the molecule is O=C(OCC(=O)c1ccccc1Cl)c1cccc(N2C(=O)c3ccc(C(=O)OCC(=O)c4ccccc4Cl)cc3C2=O)c1. The number of benzene rings is 4. The number of fused-ring (bicyclic) bond motifs is 1. The molecule has 4 aromatic rings. The van der Waals surface area contributed by atoms with Crippen LogP contribution in [0.15, 0.2) is 91.0 Å². The molecular formula is C32H19Cl2NO8. The van der Waals surface area contributed by atoms with Crippen LogP contribution in [0, 0.1) is 0 Å². The second-order valence-corrected chi connectivity index (χ2v) is 10.0. The highest BCUT2D eigenvalue weighted by Gasteiger charge is 2.37. The summed E-state index contributed by atoms with van der Waals surface area (Å²) in [7, 11) is 0. The Kier molecular flexibility index (Phi) is 8.47. The lowest BCUT2D eigenvalue weighted by atomic mass is 10.1. The van der Waals surface area contributed by atoms with Gasteiger partial charge in [-0.15, -0.1) is 0 Å². The van der Waals surface area contributed by atoms with E-state index in [-0.39, 0.29) is 49.1 Å². The van der Waals surface area contributed by atoms with Gasteiger partial charge in [-0.2, -0.15) is 0 Å². The van der Waals surface area contributed by atoms with Gasteiger partial charge in [0.05, 0.1) is 38.0 Å². The maximum Gasteiger partial charge on any atom is 0.338 e. The molecule has 9 nitrogen and oxygen atoms in total. The highest BCUT2D eigenvalue weighted by Crippen LogP contribution is 2.30. The van der Waals surface area contributed by atoms with Crippen molar-refractivity contribution in [1.29, 1.82) is 0 Å². The molecule has 5 rings (SSSR count). The number of imide groups is 1. The molecule has 0 saturated heterocycles. The van der Waals surface area contributed by atoms with Crippen LogP contribution in [0.5, 0.6) is 0 Å². The number of rotatable bonds is 9. The van der Waals surface area contributed by atoms with Crippen molar-refractivity contribution in [3.05, 3.63) is 134 Å². The van der Waals surface area contributed by atoms with E-state index in [0.717, 1.165) is 4.90 Å². The number of nitrogens with zero attached hydrogens (tertiary/aromatic N) is 1. The molecule has 1 heterocycles. The largest absolute Gasteiger partial charge is 0.454 e. The van der Waals surface area contributed by atoms with E-state index < -0.39 is 48.5 Å². The number of amides is 2. The molecule has 11 heteroatoms. The van der Waals surface area contributed by atoms with Crippen LogP contribution in [0.4, 0.5) is 5.69 Å². The Morgan fingerprint density at radius 2 is 1.09 bits per heavy atom. The summed E-state index contributed by atoms with van der Waals surface area (Å²) in [6.07, 6.45) is 0. The van der Waals surface area contributed by atoms with Crippen molar-refractivity contribution in [1.82, 2.24) is 0 Å². The van der Waals surface area contributed by atoms with Crippen molar-refractivity contribution in [3.63, 3.8) is 0 Å². The summed E-state index contributed by atoms with van der Waals surface area (Å²) in [5.41, 5.74) is 0.394. The highest BCUT2D eigenvalue weighted by atomic mass is 35.5. The molecule has 0 bridgehead atoms. The van der Waals surface area contributed by atoms with Crippen LogP contribution < -0.4 is 4.90 Å². The van der Waals surface area contributed by atoms with Gasteiger partial charge >= 0.3 is 11.9 Å². The summed E-state index contributed by atoms with van der Waals surface area (Å²) in [4.78, 5) is 77.4. The van der Waals surface area contributed by atoms with Crippen LogP contribution >= 0.6 is 23.2 Å².